The van der Waals surface area contributed by atoms with Crippen molar-refractivity contribution in [1.29, 1.82) is 0 Å². The number of carbonyl (C=O) groups excluding carboxylic acids is 2. The molecule has 2 saturated heterocycles. The van der Waals surface area contributed by atoms with Crippen LogP contribution < -0.4 is 5.43 Å². The Kier molecular flexibility index (Phi) is 3.98. The predicted octanol–water partition coefficient (Wildman–Crippen LogP) is -0.693. The van der Waals surface area contributed by atoms with Crippen molar-refractivity contribution in [1.82, 2.24) is 10.3 Å². The van der Waals surface area contributed by atoms with Crippen molar-refractivity contribution in [2.45, 2.75) is 29.5 Å². The number of nitrogens with zero attached hydrogens (tertiary/aromatic N) is 2. The molecule has 0 saturated carbocycles. The van der Waals surface area contributed by atoms with Crippen molar-refractivity contribution in [2.24, 2.45) is 5.10 Å². The lowest BCUT2D eigenvalue weighted by atomic mass is 9.97. The first-order valence-electron chi connectivity index (χ1n) is 7.50. The summed E-state index contributed by atoms with van der Waals surface area (Å²) in [6, 6.07) is 3.63. The Morgan fingerprint density at radius 2 is 1.96 bits per heavy atom. The molecular weight excluding hydrogens is 366 g/mol. The van der Waals surface area contributed by atoms with Crippen molar-refractivity contribution < 1.29 is 33.0 Å². The standard InChI is InChI=1S/C15H15N3O7S/c1-15(7-16-17-13(21)8-2-4-9(19)5-3-8)12(14(22)23)18-10(20)6-11(18)26(15,24)25/h2-5,7,11-12,19H,6H2,1H3,(H,17,21)(H,22,23)/b16-7+/t11-,12+,15+/m1/s1. The minimum Gasteiger partial charge on any atom is -0.508 e. The van der Waals surface area contributed by atoms with Gasteiger partial charge < -0.3 is 15.1 Å². The number of benzene rings is 1. The topological polar surface area (TPSA) is 153 Å². The molecule has 2 heterocycles. The van der Waals surface area contributed by atoms with E-state index >= 15 is 0 Å². The summed E-state index contributed by atoms with van der Waals surface area (Å²) in [7, 11) is -4.03. The van der Waals surface area contributed by atoms with E-state index in [-0.39, 0.29) is 17.7 Å². The number of carbonyl (C=O) groups is 3. The molecule has 3 atom stereocenters. The van der Waals surface area contributed by atoms with Crippen molar-refractivity contribution in [3.63, 3.8) is 0 Å². The van der Waals surface area contributed by atoms with Gasteiger partial charge in [0.2, 0.25) is 5.91 Å². The summed E-state index contributed by atoms with van der Waals surface area (Å²) >= 11 is 0. The molecule has 26 heavy (non-hydrogen) atoms. The van der Waals surface area contributed by atoms with E-state index < -0.39 is 43.8 Å². The Morgan fingerprint density at radius 1 is 1.35 bits per heavy atom. The van der Waals surface area contributed by atoms with Gasteiger partial charge in [0.05, 0.1) is 6.42 Å². The van der Waals surface area contributed by atoms with Gasteiger partial charge in [-0.05, 0) is 31.2 Å². The summed E-state index contributed by atoms with van der Waals surface area (Å²) < 4.78 is 23.3. The minimum absolute atomic E-state index is 0.0342. The second-order valence-electron chi connectivity index (χ2n) is 6.18. The molecule has 3 N–H and O–H groups in total. The SMILES string of the molecule is C[C@]1(/C=N/NC(=O)c2ccc(O)cc2)[C@H](C(=O)O)N2C(=O)C[C@H]2S1(=O)=O. The first kappa shape index (κ1) is 17.9. The Morgan fingerprint density at radius 3 is 2.50 bits per heavy atom. The lowest BCUT2D eigenvalue weighted by Crippen LogP contribution is -2.57. The Labute approximate surface area is 148 Å². The van der Waals surface area contributed by atoms with Crippen LogP contribution in [0.15, 0.2) is 29.4 Å². The molecule has 2 amide bonds. The van der Waals surface area contributed by atoms with Crippen LogP contribution in [-0.2, 0) is 19.4 Å². The number of hydrazone groups is 1. The highest BCUT2D eigenvalue weighted by atomic mass is 32.2. The monoisotopic (exact) mass is 381 g/mol. The summed E-state index contributed by atoms with van der Waals surface area (Å²) in [5.74, 6) is -2.74. The second kappa shape index (κ2) is 5.80. The zero-order valence-electron chi connectivity index (χ0n) is 13.5. The van der Waals surface area contributed by atoms with Gasteiger partial charge in [0.25, 0.3) is 5.91 Å². The quantitative estimate of drug-likeness (QED) is 0.354. The summed E-state index contributed by atoms with van der Waals surface area (Å²) in [5, 5.41) is 21.0. The molecule has 10 nitrogen and oxygen atoms in total. The van der Waals surface area contributed by atoms with E-state index in [4.69, 9.17) is 0 Å². The van der Waals surface area contributed by atoms with Crippen molar-refractivity contribution >= 4 is 33.8 Å². The molecule has 2 aliphatic heterocycles. The molecule has 2 fully saturated rings. The zero-order chi connectivity index (χ0) is 19.3. The van der Waals surface area contributed by atoms with Crippen molar-refractivity contribution in [3.8, 4) is 5.75 Å². The molecule has 0 aliphatic carbocycles. The number of hydrogen-bond donors (Lipinski definition) is 3. The Hall–Kier alpha value is -2.95. The van der Waals surface area contributed by atoms with Crippen LogP contribution in [-0.4, -0.2) is 63.7 Å². The van der Waals surface area contributed by atoms with Crippen LogP contribution in [0.4, 0.5) is 0 Å². The summed E-state index contributed by atoms with van der Waals surface area (Å²) in [6.07, 6.45) is 0.570. The molecule has 138 valence electrons. The average molecular weight is 381 g/mol. The fourth-order valence-electron chi connectivity index (χ4n) is 3.10. The van der Waals surface area contributed by atoms with Crippen LogP contribution in [0.25, 0.3) is 0 Å². The van der Waals surface area contributed by atoms with Crippen molar-refractivity contribution in [2.75, 3.05) is 0 Å². The lowest BCUT2D eigenvalue weighted by Gasteiger charge is -2.35. The van der Waals surface area contributed by atoms with E-state index in [0.29, 0.717) is 0 Å². The van der Waals surface area contributed by atoms with E-state index in [9.17, 15) is 33.0 Å². The first-order chi connectivity index (χ1) is 12.1. The molecule has 2 aliphatic rings. The average Bonchev–Trinajstić information content (AvgIpc) is 2.70. The summed E-state index contributed by atoms with van der Waals surface area (Å²) in [5.41, 5.74) is 2.28. The molecule has 11 heteroatoms. The minimum atomic E-state index is -4.03. The van der Waals surface area contributed by atoms with E-state index in [1.807, 2.05) is 0 Å². The molecule has 0 spiro atoms. The predicted molar refractivity (Wildman–Crippen MR) is 88.1 cm³/mol. The molecule has 0 unspecified atom stereocenters. The zero-order valence-corrected chi connectivity index (χ0v) is 14.3. The number of phenolic OH excluding ortho intramolecular Hbond substituents is 1. The highest BCUT2D eigenvalue weighted by Crippen LogP contribution is 2.45. The fourth-order valence-corrected chi connectivity index (χ4v) is 5.31. The van der Waals surface area contributed by atoms with Gasteiger partial charge in [0.15, 0.2) is 15.9 Å². The van der Waals surface area contributed by atoms with E-state index in [1.54, 1.807) is 0 Å². The van der Waals surface area contributed by atoms with Gasteiger partial charge in [-0.3, -0.25) is 9.59 Å². The number of aliphatic carboxylic acids is 1. The molecule has 0 aromatic heterocycles. The van der Waals surface area contributed by atoms with Gasteiger partial charge in [-0.2, -0.15) is 5.10 Å². The number of fused-ring (bicyclic) bond motifs is 1. The first-order valence-corrected chi connectivity index (χ1v) is 9.05. The normalized spacial score (nSPS) is 29.3. The maximum Gasteiger partial charge on any atom is 0.328 e. The number of rotatable bonds is 4. The molecular formula is C15H15N3O7S. The highest BCUT2D eigenvalue weighted by Gasteiger charge is 2.69. The molecule has 0 bridgehead atoms. The third kappa shape index (κ3) is 2.43. The lowest BCUT2D eigenvalue weighted by molar-refractivity contribution is -0.156. The van der Waals surface area contributed by atoms with Crippen LogP contribution in [0.5, 0.6) is 5.75 Å². The van der Waals surface area contributed by atoms with Gasteiger partial charge in [-0.25, -0.2) is 18.6 Å². The number of carboxylic acid groups (broad SMARTS) is 1. The third-order valence-electron chi connectivity index (χ3n) is 4.59. The Balaban J connectivity index is 1.85. The second-order valence-corrected chi connectivity index (χ2v) is 8.69. The van der Waals surface area contributed by atoms with Gasteiger partial charge >= 0.3 is 5.97 Å². The van der Waals surface area contributed by atoms with Gasteiger partial charge in [0, 0.05) is 11.8 Å². The maximum absolute atomic E-state index is 12.6. The highest BCUT2D eigenvalue weighted by molar-refractivity contribution is 7.94. The Bertz CT molecular complexity index is 925. The smallest absolute Gasteiger partial charge is 0.328 e. The molecule has 1 aromatic rings. The number of sulfone groups is 1. The molecule has 1 aromatic carbocycles. The largest absolute Gasteiger partial charge is 0.508 e. The van der Waals surface area contributed by atoms with Gasteiger partial charge in [0.1, 0.15) is 15.9 Å². The number of hydrogen-bond acceptors (Lipinski definition) is 7. The number of β-lactam (4-membered cyclic amide) rings is 1. The maximum atomic E-state index is 12.6. The number of aromatic hydroxyl groups is 1. The summed E-state index contributed by atoms with van der Waals surface area (Å²) in [6.45, 7) is 1.16. The van der Waals surface area contributed by atoms with Crippen molar-refractivity contribution in [3.05, 3.63) is 29.8 Å². The molecule has 0 radical (unpaired) electrons. The number of nitrogens with one attached hydrogen (secondary N) is 1. The van der Waals surface area contributed by atoms with Crippen LogP contribution in [0.2, 0.25) is 0 Å². The number of amides is 2. The number of phenols is 1. The van der Waals surface area contributed by atoms with Crippen LogP contribution in [0, 0.1) is 0 Å². The molecule has 3 rings (SSSR count). The van der Waals surface area contributed by atoms with Crippen LogP contribution in [0.3, 0.4) is 0 Å². The van der Waals surface area contributed by atoms with Crippen LogP contribution >= 0.6 is 0 Å². The van der Waals surface area contributed by atoms with E-state index in [2.05, 4.69) is 10.5 Å². The van der Waals surface area contributed by atoms with E-state index in [1.165, 1.54) is 24.3 Å². The summed E-state index contributed by atoms with van der Waals surface area (Å²) in [4.78, 5) is 36.0. The third-order valence-corrected chi connectivity index (χ3v) is 7.26. The van der Waals surface area contributed by atoms with Gasteiger partial charge in [-0.1, -0.05) is 0 Å². The number of carboxylic acids is 1. The van der Waals surface area contributed by atoms with E-state index in [0.717, 1.165) is 18.0 Å². The van der Waals surface area contributed by atoms with Crippen LogP contribution in [0.1, 0.15) is 23.7 Å². The fraction of sp³-hybridized carbons (Fsp3) is 0.333. The van der Waals surface area contributed by atoms with Gasteiger partial charge in [-0.15, -0.1) is 0 Å².